The molecule has 0 bridgehead atoms. The van der Waals surface area contributed by atoms with Gasteiger partial charge in [0.05, 0.1) is 12.5 Å². The van der Waals surface area contributed by atoms with E-state index in [1.165, 1.54) is 0 Å². The number of nitrogens with zero attached hydrogens (tertiary/aromatic N) is 1. The molecule has 0 radical (unpaired) electrons. The van der Waals surface area contributed by atoms with Crippen molar-refractivity contribution in [1.29, 1.82) is 0 Å². The molecule has 5 nitrogen and oxygen atoms in total. The maximum absolute atomic E-state index is 10.4. The van der Waals surface area contributed by atoms with E-state index in [-0.39, 0.29) is 45.9 Å². The number of ether oxygens (including phenoxy) is 1. The van der Waals surface area contributed by atoms with Crippen molar-refractivity contribution in [2.45, 2.75) is 6.04 Å². The number of aliphatic carboxylic acids is 1. The number of hydrogen-bond acceptors (Lipinski definition) is 3. The van der Waals surface area contributed by atoms with Crippen molar-refractivity contribution in [2.75, 3.05) is 13.2 Å². The summed E-state index contributed by atoms with van der Waals surface area (Å²) in [7, 11) is 0. The van der Waals surface area contributed by atoms with Crippen molar-refractivity contribution in [3.05, 3.63) is 5.32 Å². The number of carbonyl (C=O) groups is 2. The zero-order chi connectivity index (χ0) is 7.56. The standard InChI is InChI=1S/C5H7NO4.Y/c7-4-2-10-1-3(6-4)5(8)9;/h3H,1-2H2,(H2,6,7,8,9);/q;+3/p-1. The monoisotopic (exact) mass is 233 g/mol. The Bertz CT molecular complexity index is 170. The average molecular weight is 233 g/mol. The zero-order valence-corrected chi connectivity index (χ0v) is 8.53. The molecular weight excluding hydrogens is 227 g/mol. The molecule has 0 aliphatic carbocycles. The number of carboxylic acids is 1. The molecule has 1 amide bonds. The Balaban J connectivity index is 0.000001000. The average Bonchev–Trinajstić information content (AvgIpc) is 1.88. The van der Waals surface area contributed by atoms with Gasteiger partial charge in [0.2, 0.25) is 0 Å². The Morgan fingerprint density at radius 2 is 2.36 bits per heavy atom. The van der Waals surface area contributed by atoms with E-state index in [9.17, 15) is 9.59 Å². The molecule has 11 heavy (non-hydrogen) atoms. The minimum atomic E-state index is -1.12. The van der Waals surface area contributed by atoms with Gasteiger partial charge in [-0.25, -0.2) is 0 Å². The third-order valence-corrected chi connectivity index (χ3v) is 1.09. The minimum Gasteiger partial charge on any atom is -0.638 e. The van der Waals surface area contributed by atoms with Gasteiger partial charge in [0.15, 0.2) is 0 Å². The van der Waals surface area contributed by atoms with E-state index in [1.807, 2.05) is 0 Å². The molecule has 6 heteroatoms. The van der Waals surface area contributed by atoms with Gasteiger partial charge in [-0.1, -0.05) is 0 Å². The number of hydrogen-bond donors (Lipinski definition) is 1. The summed E-state index contributed by atoms with van der Waals surface area (Å²) in [6.07, 6.45) is 0. The second-order valence-electron chi connectivity index (χ2n) is 1.89. The molecule has 1 fully saturated rings. The Hall–Kier alpha value is 0.00390. The predicted octanol–water partition coefficient (Wildman–Crippen LogP) is -0.632. The molecule has 0 saturated carbocycles. The van der Waals surface area contributed by atoms with E-state index >= 15 is 0 Å². The van der Waals surface area contributed by atoms with Gasteiger partial charge in [-0.3, -0.25) is 4.79 Å². The van der Waals surface area contributed by atoms with E-state index in [0.717, 1.165) is 0 Å². The van der Waals surface area contributed by atoms with Crippen LogP contribution in [-0.4, -0.2) is 36.2 Å². The molecular formula is C5H6NO4Y+2. The molecule has 1 aliphatic heterocycles. The summed E-state index contributed by atoms with van der Waals surface area (Å²) in [5.74, 6) is -1.62. The molecule has 1 N–H and O–H groups in total. The van der Waals surface area contributed by atoms with Crippen molar-refractivity contribution in [2.24, 2.45) is 0 Å². The molecule has 1 saturated heterocycles. The third kappa shape index (κ3) is 3.27. The fourth-order valence-electron chi connectivity index (χ4n) is 0.633. The molecule has 1 atom stereocenters. The number of rotatable bonds is 1. The molecule has 0 spiro atoms. The van der Waals surface area contributed by atoms with E-state index in [2.05, 4.69) is 10.1 Å². The summed E-state index contributed by atoms with van der Waals surface area (Å²) in [6.45, 7) is -0.0924. The van der Waals surface area contributed by atoms with Crippen LogP contribution in [0.25, 0.3) is 5.32 Å². The summed E-state index contributed by atoms with van der Waals surface area (Å²) in [5.41, 5.74) is 0. The first-order chi connectivity index (χ1) is 4.70. The quantitative estimate of drug-likeness (QED) is 0.653. The summed E-state index contributed by atoms with van der Waals surface area (Å²) in [4.78, 5) is 20.6. The fraction of sp³-hybridized carbons (Fsp3) is 0.600. The van der Waals surface area contributed by atoms with E-state index in [4.69, 9.17) is 5.11 Å². The van der Waals surface area contributed by atoms with Gasteiger partial charge in [0.25, 0.3) is 5.97 Å². The second-order valence-corrected chi connectivity index (χ2v) is 1.89. The predicted molar refractivity (Wildman–Crippen MR) is 30.6 cm³/mol. The Kier molecular flexibility index (Phi) is 4.80. The van der Waals surface area contributed by atoms with Crippen LogP contribution < -0.4 is 0 Å². The smallest absolute Gasteiger partial charge is 0.638 e. The Labute approximate surface area is 88.4 Å². The number of amides is 1. The molecule has 1 unspecified atom stereocenters. The fourth-order valence-corrected chi connectivity index (χ4v) is 0.633. The van der Waals surface area contributed by atoms with Crippen LogP contribution in [0.4, 0.5) is 0 Å². The molecule has 0 aromatic heterocycles. The summed E-state index contributed by atoms with van der Waals surface area (Å²) in [6, 6.07) is -0.999. The van der Waals surface area contributed by atoms with Crippen molar-refractivity contribution in [1.82, 2.24) is 0 Å². The van der Waals surface area contributed by atoms with Crippen LogP contribution in [0.2, 0.25) is 0 Å². The molecule has 1 rings (SSSR count). The van der Waals surface area contributed by atoms with Crippen LogP contribution in [0.5, 0.6) is 0 Å². The van der Waals surface area contributed by atoms with Gasteiger partial charge in [0, 0.05) is 12.6 Å². The van der Waals surface area contributed by atoms with Crippen molar-refractivity contribution < 1.29 is 52.1 Å². The van der Waals surface area contributed by atoms with Gasteiger partial charge in [-0.15, -0.1) is 0 Å². The normalized spacial score (nSPS) is 23.3. The molecule has 1 aliphatic rings. The molecule has 0 aromatic rings. The first kappa shape index (κ1) is 11.0. The summed E-state index contributed by atoms with van der Waals surface area (Å²) in [5, 5.41) is 11.6. The van der Waals surface area contributed by atoms with Gasteiger partial charge in [0.1, 0.15) is 0 Å². The molecule has 0 aromatic carbocycles. The number of morpholine rings is 1. The Morgan fingerprint density at radius 3 is 2.73 bits per heavy atom. The number of carboxylic acid groups (broad SMARTS) is 1. The summed E-state index contributed by atoms with van der Waals surface area (Å²) < 4.78 is 4.63. The van der Waals surface area contributed by atoms with Gasteiger partial charge in [-0.05, 0) is 0 Å². The second kappa shape index (κ2) is 4.80. The van der Waals surface area contributed by atoms with Crippen LogP contribution in [0.15, 0.2) is 0 Å². The van der Waals surface area contributed by atoms with Crippen LogP contribution in [-0.2, 0) is 47.0 Å². The molecule has 56 valence electrons. The third-order valence-electron chi connectivity index (χ3n) is 1.09. The Morgan fingerprint density at radius 1 is 1.73 bits per heavy atom. The van der Waals surface area contributed by atoms with Crippen LogP contribution >= 0.6 is 0 Å². The van der Waals surface area contributed by atoms with E-state index < -0.39 is 17.9 Å². The van der Waals surface area contributed by atoms with Gasteiger partial charge >= 0.3 is 32.7 Å². The topological polar surface area (TPSA) is 77.7 Å². The number of carbonyl (C=O) groups excluding carboxylic acids is 1. The van der Waals surface area contributed by atoms with E-state index in [1.54, 1.807) is 0 Å². The van der Waals surface area contributed by atoms with Crippen LogP contribution in [0, 0.1) is 0 Å². The summed E-state index contributed by atoms with van der Waals surface area (Å²) >= 11 is 0. The van der Waals surface area contributed by atoms with Crippen LogP contribution in [0.1, 0.15) is 0 Å². The van der Waals surface area contributed by atoms with Gasteiger partial charge < -0.3 is 20.0 Å². The largest absolute Gasteiger partial charge is 3.00 e. The maximum atomic E-state index is 10.4. The van der Waals surface area contributed by atoms with Gasteiger partial charge in [-0.2, -0.15) is 0 Å². The van der Waals surface area contributed by atoms with E-state index in [0.29, 0.717) is 0 Å². The first-order valence-electron chi connectivity index (χ1n) is 2.74. The van der Waals surface area contributed by atoms with Crippen molar-refractivity contribution in [3.63, 3.8) is 0 Å². The van der Waals surface area contributed by atoms with Crippen molar-refractivity contribution >= 4 is 11.9 Å². The SMILES string of the molecule is O=C1COCC(C(=O)O)[N-]1.[Y+3]. The molecule has 1 heterocycles. The zero-order valence-electron chi connectivity index (χ0n) is 5.69. The van der Waals surface area contributed by atoms with Crippen molar-refractivity contribution in [3.8, 4) is 0 Å². The first-order valence-corrected chi connectivity index (χ1v) is 2.74. The van der Waals surface area contributed by atoms with Crippen LogP contribution in [0.3, 0.4) is 0 Å². The minimum absolute atomic E-state index is 0. The maximum Gasteiger partial charge on any atom is 3.00 e.